The van der Waals surface area contributed by atoms with Gasteiger partial charge in [0.05, 0.1) is 34.4 Å². The van der Waals surface area contributed by atoms with Crippen molar-refractivity contribution < 1.29 is 37.3 Å². The number of carbonyl (C=O) groups excluding carboxylic acids is 1. The minimum Gasteiger partial charge on any atom is -0.756 e. The monoisotopic (exact) mass is 700 g/mol. The topological polar surface area (TPSA) is 94.1 Å². The fourth-order valence-corrected chi connectivity index (χ4v) is 5.60. The van der Waals surface area contributed by atoms with Crippen LogP contribution in [0.3, 0.4) is 0 Å². The fraction of sp³-hybridized carbons (Fsp3) is 0.821. The van der Waals surface area contributed by atoms with Crippen LogP contribution < -0.4 is 4.89 Å². The van der Waals surface area contributed by atoms with E-state index in [0.29, 0.717) is 24.1 Å². The summed E-state index contributed by atoms with van der Waals surface area (Å²) in [6, 6.07) is 0. The van der Waals surface area contributed by atoms with Crippen molar-refractivity contribution in [1.29, 1.82) is 0 Å². The number of allylic oxidation sites excluding steroid dienone is 6. The van der Waals surface area contributed by atoms with E-state index in [4.69, 9.17) is 18.5 Å². The Bertz CT molecular complexity index is 869. The smallest absolute Gasteiger partial charge is 0.306 e. The van der Waals surface area contributed by atoms with E-state index < -0.39 is 13.9 Å². The van der Waals surface area contributed by atoms with Gasteiger partial charge in [-0.15, -0.1) is 0 Å². The molecule has 0 N–H and O–H groups in total. The van der Waals surface area contributed by atoms with Crippen molar-refractivity contribution in [2.75, 3.05) is 54.1 Å². The summed E-state index contributed by atoms with van der Waals surface area (Å²) in [5, 5.41) is 0. The van der Waals surface area contributed by atoms with Gasteiger partial charge in [0.1, 0.15) is 19.3 Å². The number of quaternary nitrogens is 1. The van der Waals surface area contributed by atoms with Crippen LogP contribution in [-0.4, -0.2) is 70.7 Å². The van der Waals surface area contributed by atoms with Crippen LogP contribution in [0.2, 0.25) is 0 Å². The molecule has 2 unspecified atom stereocenters. The van der Waals surface area contributed by atoms with Crippen LogP contribution in [0.5, 0.6) is 0 Å². The standard InChI is InChI=1S/C39H74NO7P/c1-6-8-10-12-14-16-18-19-20-21-22-24-26-28-30-32-39(41)47-38(37-46-48(42,43)45-35-33-40(3,4)5)36-44-34-31-29-27-25-23-17-15-13-11-9-7-2/h11,13-14,16,19-20,38H,6-10,12,15,17-18,21-37H2,1-5H3/b13-11-,16-14-,20-19-. The molecule has 0 fully saturated rings. The lowest BCUT2D eigenvalue weighted by Crippen LogP contribution is -2.37. The molecular formula is C39H74NO7P. The maximum atomic E-state index is 12.6. The van der Waals surface area contributed by atoms with Crippen molar-refractivity contribution >= 4 is 13.8 Å². The molecule has 0 aliphatic heterocycles. The summed E-state index contributed by atoms with van der Waals surface area (Å²) in [6.07, 6.45) is 35.8. The number of hydrogen-bond acceptors (Lipinski definition) is 7. The summed E-state index contributed by atoms with van der Waals surface area (Å²) in [5.74, 6) is -0.353. The van der Waals surface area contributed by atoms with Gasteiger partial charge in [-0.1, -0.05) is 115 Å². The van der Waals surface area contributed by atoms with Crippen molar-refractivity contribution in [3.05, 3.63) is 36.5 Å². The Labute approximate surface area is 295 Å². The Balaban J connectivity index is 4.33. The molecule has 282 valence electrons. The van der Waals surface area contributed by atoms with Gasteiger partial charge in [0.15, 0.2) is 0 Å². The lowest BCUT2D eigenvalue weighted by atomic mass is 10.1. The SMILES string of the molecule is CCC/C=C\CCCCCCCCOCC(COP(=O)([O-])OCC[N+](C)(C)C)OC(=O)CCCCCCC/C=C\C/C=C\CCCCC. The van der Waals surface area contributed by atoms with E-state index in [1.807, 2.05) is 21.1 Å². The average Bonchev–Trinajstić information content (AvgIpc) is 3.03. The molecule has 0 radical (unpaired) electrons. The lowest BCUT2D eigenvalue weighted by molar-refractivity contribution is -0.870. The van der Waals surface area contributed by atoms with Crippen molar-refractivity contribution in [1.82, 2.24) is 0 Å². The van der Waals surface area contributed by atoms with Gasteiger partial charge in [-0.25, -0.2) is 0 Å². The number of phosphoric acid groups is 1. The molecule has 0 aromatic rings. The first kappa shape index (κ1) is 46.7. The summed E-state index contributed by atoms with van der Waals surface area (Å²) in [5.41, 5.74) is 0. The number of rotatable bonds is 35. The Morgan fingerprint density at radius 1 is 0.646 bits per heavy atom. The first-order valence-electron chi connectivity index (χ1n) is 19.2. The quantitative estimate of drug-likeness (QED) is 0.0214. The first-order valence-corrected chi connectivity index (χ1v) is 20.7. The van der Waals surface area contributed by atoms with E-state index in [9.17, 15) is 14.3 Å². The van der Waals surface area contributed by atoms with Crippen molar-refractivity contribution in [2.24, 2.45) is 0 Å². The zero-order valence-corrected chi connectivity index (χ0v) is 32.6. The summed E-state index contributed by atoms with van der Waals surface area (Å²) < 4.78 is 34.4. The van der Waals surface area contributed by atoms with Gasteiger partial charge in [-0.05, 0) is 64.2 Å². The van der Waals surface area contributed by atoms with Crippen molar-refractivity contribution in [3.63, 3.8) is 0 Å². The number of hydrogen-bond donors (Lipinski definition) is 0. The van der Waals surface area contributed by atoms with Crippen LogP contribution in [0.4, 0.5) is 0 Å². The predicted octanol–water partition coefficient (Wildman–Crippen LogP) is 10.0. The minimum atomic E-state index is -4.52. The maximum absolute atomic E-state index is 12.6. The molecule has 8 nitrogen and oxygen atoms in total. The summed E-state index contributed by atoms with van der Waals surface area (Å²) in [7, 11) is 1.34. The molecule has 0 heterocycles. The molecule has 0 aliphatic carbocycles. The number of unbranched alkanes of at least 4 members (excludes halogenated alkanes) is 15. The zero-order valence-electron chi connectivity index (χ0n) is 31.7. The lowest BCUT2D eigenvalue weighted by Gasteiger charge is -2.28. The molecule has 0 bridgehead atoms. The molecule has 0 amide bonds. The van der Waals surface area contributed by atoms with Gasteiger partial charge >= 0.3 is 5.97 Å². The summed E-state index contributed by atoms with van der Waals surface area (Å²) in [4.78, 5) is 24.9. The van der Waals surface area contributed by atoms with E-state index >= 15 is 0 Å². The molecule has 48 heavy (non-hydrogen) atoms. The zero-order chi connectivity index (χ0) is 35.6. The molecule has 0 aliphatic rings. The second kappa shape index (κ2) is 32.9. The van der Waals surface area contributed by atoms with Crippen LogP contribution in [-0.2, 0) is 27.9 Å². The molecule has 0 spiro atoms. The number of phosphoric ester groups is 1. The Hall–Kier alpha value is -1.28. The van der Waals surface area contributed by atoms with Crippen LogP contribution >= 0.6 is 7.82 Å². The highest BCUT2D eigenvalue weighted by atomic mass is 31.2. The first-order chi connectivity index (χ1) is 23.1. The third-order valence-electron chi connectivity index (χ3n) is 7.89. The van der Waals surface area contributed by atoms with Gasteiger partial charge < -0.3 is 27.9 Å². The number of carbonyl (C=O) groups is 1. The normalized spacial score (nSPS) is 14.4. The van der Waals surface area contributed by atoms with Gasteiger partial charge in [0.25, 0.3) is 7.82 Å². The van der Waals surface area contributed by atoms with Crippen molar-refractivity contribution in [2.45, 2.75) is 155 Å². The molecule has 0 aromatic heterocycles. The summed E-state index contributed by atoms with van der Waals surface area (Å²) in [6.45, 7) is 5.28. The predicted molar refractivity (Wildman–Crippen MR) is 199 cm³/mol. The van der Waals surface area contributed by atoms with E-state index in [1.165, 1.54) is 64.2 Å². The number of nitrogens with zero attached hydrogens (tertiary/aromatic N) is 1. The highest BCUT2D eigenvalue weighted by molar-refractivity contribution is 7.45. The van der Waals surface area contributed by atoms with Crippen LogP contribution in [0.1, 0.15) is 149 Å². The Kier molecular flexibility index (Phi) is 32.0. The number of likely N-dealkylation sites (N-methyl/N-ethyl adjacent to an activating group) is 1. The molecule has 0 saturated heterocycles. The largest absolute Gasteiger partial charge is 0.756 e. The third-order valence-corrected chi connectivity index (χ3v) is 8.86. The summed E-state index contributed by atoms with van der Waals surface area (Å²) >= 11 is 0. The molecule has 9 heteroatoms. The van der Waals surface area contributed by atoms with E-state index in [0.717, 1.165) is 64.2 Å². The van der Waals surface area contributed by atoms with Gasteiger partial charge in [-0.3, -0.25) is 9.36 Å². The van der Waals surface area contributed by atoms with E-state index in [2.05, 4.69) is 50.3 Å². The van der Waals surface area contributed by atoms with Crippen molar-refractivity contribution in [3.8, 4) is 0 Å². The van der Waals surface area contributed by atoms with Gasteiger partial charge in [0, 0.05) is 13.0 Å². The van der Waals surface area contributed by atoms with Crippen LogP contribution in [0.15, 0.2) is 36.5 Å². The molecule has 0 aromatic carbocycles. The van der Waals surface area contributed by atoms with E-state index in [1.54, 1.807) is 0 Å². The average molecular weight is 700 g/mol. The second-order valence-electron chi connectivity index (χ2n) is 13.9. The van der Waals surface area contributed by atoms with E-state index in [-0.39, 0.29) is 25.8 Å². The van der Waals surface area contributed by atoms with Crippen LogP contribution in [0, 0.1) is 0 Å². The molecule has 0 rings (SSSR count). The highest BCUT2D eigenvalue weighted by Gasteiger charge is 2.20. The Morgan fingerprint density at radius 3 is 1.79 bits per heavy atom. The molecule has 0 saturated carbocycles. The molecular weight excluding hydrogens is 625 g/mol. The number of esters is 1. The third kappa shape index (κ3) is 36.0. The maximum Gasteiger partial charge on any atom is 0.306 e. The second-order valence-corrected chi connectivity index (χ2v) is 15.3. The fourth-order valence-electron chi connectivity index (χ4n) is 4.87. The highest BCUT2D eigenvalue weighted by Crippen LogP contribution is 2.38. The van der Waals surface area contributed by atoms with Gasteiger partial charge in [0.2, 0.25) is 0 Å². The van der Waals surface area contributed by atoms with Gasteiger partial charge in [-0.2, -0.15) is 0 Å². The minimum absolute atomic E-state index is 0.0214. The van der Waals surface area contributed by atoms with Crippen LogP contribution in [0.25, 0.3) is 0 Å². The number of ether oxygens (including phenoxy) is 2. The Morgan fingerprint density at radius 2 is 1.19 bits per heavy atom. The molecule has 2 atom stereocenters.